The number of rotatable bonds is 7. The van der Waals surface area contributed by atoms with Crippen molar-refractivity contribution >= 4 is 5.91 Å². The van der Waals surface area contributed by atoms with Crippen molar-refractivity contribution in [3.05, 3.63) is 65.5 Å². The molecule has 1 N–H and O–H groups in total. The number of carbonyl (C=O) groups excluding carboxylic acids is 1. The van der Waals surface area contributed by atoms with Gasteiger partial charge in [-0.2, -0.15) is 0 Å². The van der Waals surface area contributed by atoms with Gasteiger partial charge in [-0.05, 0) is 54.9 Å². The molecule has 27 heavy (non-hydrogen) atoms. The van der Waals surface area contributed by atoms with Crippen LogP contribution in [0, 0.1) is 5.82 Å². The van der Waals surface area contributed by atoms with Gasteiger partial charge in [-0.3, -0.25) is 4.79 Å². The van der Waals surface area contributed by atoms with Crippen LogP contribution in [0.3, 0.4) is 0 Å². The van der Waals surface area contributed by atoms with Gasteiger partial charge in [0.1, 0.15) is 11.6 Å². The normalized spacial score (nSPS) is 12.7. The fraction of sp³-hybridized carbons (Fsp3) is 0.409. The van der Waals surface area contributed by atoms with Gasteiger partial charge in [0.15, 0.2) is 6.61 Å². The van der Waals surface area contributed by atoms with Crippen molar-refractivity contribution < 1.29 is 13.9 Å². The third-order valence-corrected chi connectivity index (χ3v) is 4.46. The molecular formula is C22H29FN2O2. The van der Waals surface area contributed by atoms with Crippen LogP contribution in [0.15, 0.2) is 48.5 Å². The van der Waals surface area contributed by atoms with Crippen molar-refractivity contribution in [3.63, 3.8) is 0 Å². The maximum Gasteiger partial charge on any atom is 0.258 e. The average Bonchev–Trinajstić information content (AvgIpc) is 2.61. The molecule has 0 heterocycles. The van der Waals surface area contributed by atoms with Crippen molar-refractivity contribution in [1.82, 2.24) is 10.2 Å². The average molecular weight is 372 g/mol. The first-order valence-electron chi connectivity index (χ1n) is 9.09. The van der Waals surface area contributed by atoms with Gasteiger partial charge in [-0.1, -0.05) is 45.0 Å². The van der Waals surface area contributed by atoms with E-state index in [-0.39, 0.29) is 29.8 Å². The fourth-order valence-electron chi connectivity index (χ4n) is 2.75. The number of hydrogen-bond acceptors (Lipinski definition) is 3. The Hall–Kier alpha value is -2.40. The molecule has 2 aromatic rings. The molecule has 0 aliphatic rings. The van der Waals surface area contributed by atoms with Gasteiger partial charge in [0, 0.05) is 6.54 Å². The second-order valence-corrected chi connectivity index (χ2v) is 7.90. The largest absolute Gasteiger partial charge is 0.484 e. The molecule has 0 spiro atoms. The second-order valence-electron chi connectivity index (χ2n) is 7.90. The maximum absolute atomic E-state index is 13.1. The zero-order valence-corrected chi connectivity index (χ0v) is 16.8. The highest BCUT2D eigenvalue weighted by Gasteiger charge is 2.16. The lowest BCUT2D eigenvalue weighted by Gasteiger charge is -2.25. The van der Waals surface area contributed by atoms with Crippen LogP contribution in [-0.2, 0) is 10.2 Å². The Kier molecular flexibility index (Phi) is 6.97. The van der Waals surface area contributed by atoms with Crippen LogP contribution in [0.25, 0.3) is 0 Å². The lowest BCUT2D eigenvalue weighted by atomic mass is 9.87. The van der Waals surface area contributed by atoms with Gasteiger partial charge in [-0.15, -0.1) is 0 Å². The molecule has 2 rings (SSSR count). The van der Waals surface area contributed by atoms with Gasteiger partial charge in [0.2, 0.25) is 0 Å². The summed E-state index contributed by atoms with van der Waals surface area (Å²) in [5, 5.41) is 2.88. The van der Waals surface area contributed by atoms with Crippen LogP contribution in [0.1, 0.15) is 37.9 Å². The van der Waals surface area contributed by atoms with E-state index in [1.807, 2.05) is 43.3 Å². The van der Waals surface area contributed by atoms with E-state index in [1.54, 1.807) is 12.1 Å². The van der Waals surface area contributed by atoms with E-state index in [9.17, 15) is 9.18 Å². The van der Waals surface area contributed by atoms with Crippen molar-refractivity contribution in [3.8, 4) is 5.75 Å². The Morgan fingerprint density at radius 1 is 1.07 bits per heavy atom. The standard InChI is InChI=1S/C22H29FN2O2/c1-22(2,3)17-8-12-19(13-9-17)27-15-21(26)24-14-20(25(4)5)16-6-10-18(23)11-7-16/h6-13,20H,14-15H2,1-5H3,(H,24,26)/t20-/m1/s1. The molecule has 5 heteroatoms. The lowest BCUT2D eigenvalue weighted by Crippen LogP contribution is -2.36. The van der Waals surface area contributed by atoms with Crippen LogP contribution >= 0.6 is 0 Å². The lowest BCUT2D eigenvalue weighted by molar-refractivity contribution is -0.123. The number of likely N-dealkylation sites (N-methyl/N-ethyl adjacent to an activating group) is 1. The molecule has 0 fully saturated rings. The zero-order valence-electron chi connectivity index (χ0n) is 16.8. The minimum Gasteiger partial charge on any atom is -0.484 e. The van der Waals surface area contributed by atoms with Gasteiger partial charge in [0.25, 0.3) is 5.91 Å². The highest BCUT2D eigenvalue weighted by atomic mass is 19.1. The number of nitrogens with zero attached hydrogens (tertiary/aromatic N) is 1. The fourth-order valence-corrected chi connectivity index (χ4v) is 2.75. The van der Waals surface area contributed by atoms with Crippen molar-refractivity contribution in [2.45, 2.75) is 32.2 Å². The quantitative estimate of drug-likeness (QED) is 0.801. The van der Waals surface area contributed by atoms with Gasteiger partial charge in [0.05, 0.1) is 6.04 Å². The number of halogens is 1. The predicted molar refractivity (Wildman–Crippen MR) is 106 cm³/mol. The molecule has 0 aliphatic carbocycles. The Labute approximate surface area is 161 Å². The van der Waals surface area contributed by atoms with Gasteiger partial charge < -0.3 is 15.0 Å². The molecule has 1 atom stereocenters. The van der Waals surface area contributed by atoms with E-state index < -0.39 is 0 Å². The summed E-state index contributed by atoms with van der Waals surface area (Å²) in [6.45, 7) is 6.83. The smallest absolute Gasteiger partial charge is 0.258 e. The number of carbonyl (C=O) groups is 1. The first-order chi connectivity index (χ1) is 12.7. The molecule has 0 aliphatic heterocycles. The first-order valence-corrected chi connectivity index (χ1v) is 9.09. The van der Waals surface area contributed by atoms with Crippen LogP contribution in [0.2, 0.25) is 0 Å². The second kappa shape index (κ2) is 9.00. The van der Waals surface area contributed by atoms with Gasteiger partial charge in [-0.25, -0.2) is 4.39 Å². The summed E-state index contributed by atoms with van der Waals surface area (Å²) in [5.74, 6) is 0.205. The molecule has 0 saturated carbocycles. The molecule has 146 valence electrons. The monoisotopic (exact) mass is 372 g/mol. The van der Waals surface area contributed by atoms with Crippen molar-refractivity contribution in [1.29, 1.82) is 0 Å². The Bertz CT molecular complexity index is 734. The zero-order chi connectivity index (χ0) is 20.0. The molecule has 0 radical (unpaired) electrons. The number of ether oxygens (including phenoxy) is 1. The molecule has 1 amide bonds. The summed E-state index contributed by atoms with van der Waals surface area (Å²) in [5.41, 5.74) is 2.24. The van der Waals surface area contributed by atoms with Crippen molar-refractivity contribution in [2.75, 3.05) is 27.2 Å². The highest BCUT2D eigenvalue weighted by Crippen LogP contribution is 2.24. The van der Waals surface area contributed by atoms with Crippen LogP contribution in [0.5, 0.6) is 5.75 Å². The van der Waals surface area contributed by atoms with Crippen LogP contribution in [0.4, 0.5) is 4.39 Å². The number of hydrogen-bond donors (Lipinski definition) is 1. The van der Waals surface area contributed by atoms with E-state index >= 15 is 0 Å². The highest BCUT2D eigenvalue weighted by molar-refractivity contribution is 5.77. The van der Waals surface area contributed by atoms with E-state index in [1.165, 1.54) is 17.7 Å². The molecular weight excluding hydrogens is 343 g/mol. The number of nitrogens with one attached hydrogen (secondary N) is 1. The summed E-state index contributed by atoms with van der Waals surface area (Å²) in [6, 6.07) is 14.1. The molecule has 0 saturated heterocycles. The summed E-state index contributed by atoms with van der Waals surface area (Å²) in [4.78, 5) is 14.1. The van der Waals surface area contributed by atoms with E-state index in [4.69, 9.17) is 4.74 Å². The minimum absolute atomic E-state index is 0.0411. The molecule has 0 aromatic heterocycles. The predicted octanol–water partition coefficient (Wildman–Crippen LogP) is 3.92. The summed E-state index contributed by atoms with van der Waals surface area (Å²) < 4.78 is 18.7. The Balaban J connectivity index is 1.86. The van der Waals surface area contributed by atoms with Gasteiger partial charge >= 0.3 is 0 Å². The number of benzene rings is 2. The van der Waals surface area contributed by atoms with Crippen molar-refractivity contribution in [2.24, 2.45) is 0 Å². The molecule has 0 unspecified atom stereocenters. The maximum atomic E-state index is 13.1. The Morgan fingerprint density at radius 3 is 2.19 bits per heavy atom. The Morgan fingerprint density at radius 2 is 1.67 bits per heavy atom. The third-order valence-electron chi connectivity index (χ3n) is 4.46. The topological polar surface area (TPSA) is 41.6 Å². The van der Waals surface area contributed by atoms with E-state index in [0.29, 0.717) is 12.3 Å². The first kappa shape index (κ1) is 20.9. The minimum atomic E-state index is -0.272. The summed E-state index contributed by atoms with van der Waals surface area (Å²) >= 11 is 0. The SMILES string of the molecule is CN(C)[C@H](CNC(=O)COc1ccc(C(C)(C)C)cc1)c1ccc(F)cc1. The third kappa shape index (κ3) is 6.36. The number of amides is 1. The van der Waals surface area contributed by atoms with Crippen LogP contribution < -0.4 is 10.1 Å². The molecule has 2 aromatic carbocycles. The van der Waals surface area contributed by atoms with E-state index in [0.717, 1.165) is 5.56 Å². The molecule has 0 bridgehead atoms. The van der Waals surface area contributed by atoms with E-state index in [2.05, 4.69) is 26.1 Å². The van der Waals surface area contributed by atoms with Crippen LogP contribution in [-0.4, -0.2) is 38.1 Å². The summed E-state index contributed by atoms with van der Waals surface area (Å²) in [6.07, 6.45) is 0. The summed E-state index contributed by atoms with van der Waals surface area (Å²) in [7, 11) is 3.85. The molecule has 4 nitrogen and oxygen atoms in total.